The van der Waals surface area contributed by atoms with Crippen LogP contribution in [-0.2, 0) is 4.79 Å². The number of carbonyl (C=O) groups excluding carboxylic acids is 3. The highest BCUT2D eigenvalue weighted by Gasteiger charge is 2.44. The van der Waals surface area contributed by atoms with Crippen LogP contribution >= 0.6 is 0 Å². The third-order valence-corrected chi connectivity index (χ3v) is 8.22. The van der Waals surface area contributed by atoms with Crippen molar-refractivity contribution in [2.45, 2.75) is 39.7 Å². The maximum atomic E-state index is 14.0. The number of Topliss-reactive ketones (excluding diaryl/α,β-unsaturated/α-hetero) is 3. The quantitative estimate of drug-likeness (QED) is 0.299. The van der Waals surface area contributed by atoms with E-state index in [9.17, 15) is 14.4 Å². The van der Waals surface area contributed by atoms with E-state index in [4.69, 9.17) is 0 Å². The number of para-hydroxylation sites is 2. The molecule has 0 amide bonds. The molecule has 0 saturated carbocycles. The van der Waals surface area contributed by atoms with E-state index in [1.807, 2.05) is 79.3 Å². The lowest BCUT2D eigenvalue weighted by Crippen LogP contribution is -2.36. The fraction of sp³-hybridized carbons (Fsp3) is 0.265. The summed E-state index contributed by atoms with van der Waals surface area (Å²) >= 11 is 0. The highest BCUT2D eigenvalue weighted by Crippen LogP contribution is 2.50. The third kappa shape index (κ3) is 4.06. The first kappa shape index (κ1) is 25.8. The first-order valence-corrected chi connectivity index (χ1v) is 13.7. The van der Waals surface area contributed by atoms with E-state index in [-0.39, 0.29) is 28.3 Å². The summed E-state index contributed by atoms with van der Waals surface area (Å²) in [7, 11) is 3.98. The smallest absolute Gasteiger partial charge is 0.199 e. The summed E-state index contributed by atoms with van der Waals surface area (Å²) in [5.74, 6) is -0.483. The molecule has 0 aromatic heterocycles. The number of nitrogens with one attached hydrogen (secondary N) is 1. The number of hydrogen-bond acceptors (Lipinski definition) is 6. The Hall–Kier alpha value is -4.45. The van der Waals surface area contributed by atoms with Crippen LogP contribution in [0.4, 0.5) is 17.1 Å². The molecule has 202 valence electrons. The van der Waals surface area contributed by atoms with Gasteiger partial charge in [0.15, 0.2) is 17.3 Å². The van der Waals surface area contributed by atoms with Gasteiger partial charge in [-0.25, -0.2) is 0 Å². The maximum absolute atomic E-state index is 14.0. The van der Waals surface area contributed by atoms with Crippen molar-refractivity contribution >= 4 is 34.4 Å². The van der Waals surface area contributed by atoms with Gasteiger partial charge in [0.25, 0.3) is 0 Å². The Kier molecular flexibility index (Phi) is 6.02. The number of hydrogen-bond donors (Lipinski definition) is 1. The Balaban J connectivity index is 1.64. The SMILES string of the molecule is CC(=C1C(=O)c2ccccc2C1=O)N1c2ccccc2NC2=C(C(=O)CC(C)(C)C2)[C@H]1c1ccc(N(C)C)cc1. The minimum Gasteiger partial charge on any atom is -0.378 e. The molecule has 1 aliphatic heterocycles. The first-order chi connectivity index (χ1) is 19.1. The van der Waals surface area contributed by atoms with Gasteiger partial charge >= 0.3 is 0 Å². The van der Waals surface area contributed by atoms with Gasteiger partial charge in [-0.2, -0.15) is 0 Å². The summed E-state index contributed by atoms with van der Waals surface area (Å²) in [5, 5.41) is 3.61. The Labute approximate surface area is 235 Å². The fourth-order valence-corrected chi connectivity index (χ4v) is 6.33. The lowest BCUT2D eigenvalue weighted by molar-refractivity contribution is -0.118. The Bertz CT molecular complexity index is 1610. The Morgan fingerprint density at radius 2 is 1.45 bits per heavy atom. The highest BCUT2D eigenvalue weighted by molar-refractivity contribution is 6.40. The predicted octanol–water partition coefficient (Wildman–Crippen LogP) is 6.72. The number of nitrogens with zero attached hydrogens (tertiary/aromatic N) is 2. The summed E-state index contributed by atoms with van der Waals surface area (Å²) in [6.07, 6.45) is 1.13. The minimum atomic E-state index is -0.525. The largest absolute Gasteiger partial charge is 0.378 e. The molecule has 0 bridgehead atoms. The normalized spacial score (nSPS) is 19.5. The topological polar surface area (TPSA) is 69.7 Å². The van der Waals surface area contributed by atoms with Crippen molar-refractivity contribution in [3.05, 3.63) is 112 Å². The van der Waals surface area contributed by atoms with Crippen molar-refractivity contribution in [3.8, 4) is 0 Å². The van der Waals surface area contributed by atoms with Crippen molar-refractivity contribution in [1.82, 2.24) is 0 Å². The Morgan fingerprint density at radius 3 is 2.08 bits per heavy atom. The standard InChI is InChI=1S/C34H33N3O3/c1-20(29-32(39)23-10-6-7-11-24(23)33(29)40)37-27-13-9-8-12-25(27)35-26-18-34(2,3)19-28(38)30(26)31(37)21-14-16-22(17-15-21)36(4)5/h6-17,31,35H,18-19H2,1-5H3/t31-/m1/s1. The van der Waals surface area contributed by atoms with Crippen molar-refractivity contribution in [3.63, 3.8) is 0 Å². The van der Waals surface area contributed by atoms with Crippen molar-refractivity contribution in [2.24, 2.45) is 5.41 Å². The molecule has 6 nitrogen and oxygen atoms in total. The van der Waals surface area contributed by atoms with Crippen LogP contribution in [0.15, 0.2) is 95.3 Å². The lowest BCUT2D eigenvalue weighted by atomic mass is 9.73. The van der Waals surface area contributed by atoms with E-state index in [0.29, 0.717) is 35.2 Å². The summed E-state index contributed by atoms with van der Waals surface area (Å²) in [4.78, 5) is 45.4. The number of anilines is 3. The summed E-state index contributed by atoms with van der Waals surface area (Å²) in [6, 6.07) is 22.5. The van der Waals surface area contributed by atoms with Crippen LogP contribution < -0.4 is 15.1 Å². The Morgan fingerprint density at radius 1 is 0.850 bits per heavy atom. The number of allylic oxidation sites excluding steroid dienone is 3. The summed E-state index contributed by atoms with van der Waals surface area (Å²) in [5.41, 5.74) is 6.52. The van der Waals surface area contributed by atoms with Crippen LogP contribution in [0.25, 0.3) is 0 Å². The number of benzene rings is 3. The van der Waals surface area contributed by atoms with E-state index < -0.39 is 6.04 Å². The molecule has 40 heavy (non-hydrogen) atoms. The molecule has 0 unspecified atom stereocenters. The van der Waals surface area contributed by atoms with E-state index in [2.05, 4.69) is 19.2 Å². The number of carbonyl (C=O) groups is 3. The molecule has 3 aliphatic rings. The molecule has 3 aromatic rings. The molecule has 1 N–H and O–H groups in total. The average Bonchev–Trinajstić information content (AvgIpc) is 3.07. The van der Waals surface area contributed by atoms with Crippen LogP contribution in [0.2, 0.25) is 0 Å². The van der Waals surface area contributed by atoms with Crippen molar-refractivity contribution in [1.29, 1.82) is 0 Å². The predicted molar refractivity (Wildman–Crippen MR) is 159 cm³/mol. The second-order valence-electron chi connectivity index (χ2n) is 11.9. The number of ketones is 3. The molecule has 0 radical (unpaired) electrons. The average molecular weight is 532 g/mol. The summed E-state index contributed by atoms with van der Waals surface area (Å²) in [6.45, 7) is 6.07. The van der Waals surface area contributed by atoms with Gasteiger partial charge in [0, 0.05) is 54.3 Å². The zero-order valence-corrected chi connectivity index (χ0v) is 23.5. The molecule has 0 saturated heterocycles. The van der Waals surface area contributed by atoms with E-state index in [0.717, 1.165) is 28.3 Å². The third-order valence-electron chi connectivity index (χ3n) is 8.22. The van der Waals surface area contributed by atoms with E-state index in [1.165, 1.54) is 0 Å². The second-order valence-corrected chi connectivity index (χ2v) is 11.9. The zero-order chi connectivity index (χ0) is 28.3. The van der Waals surface area contributed by atoms with Gasteiger partial charge in [-0.3, -0.25) is 14.4 Å². The van der Waals surface area contributed by atoms with E-state index in [1.54, 1.807) is 24.3 Å². The van der Waals surface area contributed by atoms with Crippen LogP contribution in [0.5, 0.6) is 0 Å². The van der Waals surface area contributed by atoms with Crippen LogP contribution in [0.1, 0.15) is 65.9 Å². The van der Waals surface area contributed by atoms with Crippen LogP contribution in [0, 0.1) is 5.41 Å². The van der Waals surface area contributed by atoms with Crippen LogP contribution in [-0.4, -0.2) is 31.4 Å². The van der Waals surface area contributed by atoms with Gasteiger partial charge in [-0.1, -0.05) is 62.4 Å². The second kappa shape index (κ2) is 9.33. The van der Waals surface area contributed by atoms with Crippen molar-refractivity contribution in [2.75, 3.05) is 29.2 Å². The molecule has 0 spiro atoms. The fourth-order valence-electron chi connectivity index (χ4n) is 6.33. The van der Waals surface area contributed by atoms with Gasteiger partial charge in [0.2, 0.25) is 0 Å². The van der Waals surface area contributed by atoms with Gasteiger partial charge in [-0.05, 0) is 48.6 Å². The monoisotopic (exact) mass is 531 g/mol. The molecular weight excluding hydrogens is 498 g/mol. The van der Waals surface area contributed by atoms with Gasteiger partial charge < -0.3 is 15.1 Å². The minimum absolute atomic E-state index is 0.0726. The number of rotatable bonds is 3. The first-order valence-electron chi connectivity index (χ1n) is 13.7. The molecule has 1 atom stereocenters. The molecule has 6 heteroatoms. The van der Waals surface area contributed by atoms with E-state index >= 15 is 0 Å². The molecule has 3 aromatic carbocycles. The van der Waals surface area contributed by atoms with Gasteiger partial charge in [-0.15, -0.1) is 0 Å². The molecule has 0 fully saturated rings. The van der Waals surface area contributed by atoms with Crippen molar-refractivity contribution < 1.29 is 14.4 Å². The molecular formula is C34H33N3O3. The van der Waals surface area contributed by atoms with Crippen LogP contribution in [0.3, 0.4) is 0 Å². The lowest BCUT2D eigenvalue weighted by Gasteiger charge is -2.39. The molecule has 2 aliphatic carbocycles. The molecule has 1 heterocycles. The summed E-state index contributed by atoms with van der Waals surface area (Å²) < 4.78 is 0. The maximum Gasteiger partial charge on any atom is 0.199 e. The van der Waals surface area contributed by atoms with Gasteiger partial charge in [0.1, 0.15) is 0 Å². The number of fused-ring (bicyclic) bond motifs is 2. The highest BCUT2D eigenvalue weighted by atomic mass is 16.2. The molecule has 6 rings (SSSR count). The zero-order valence-electron chi connectivity index (χ0n) is 23.5. The van der Waals surface area contributed by atoms with Gasteiger partial charge in [0.05, 0.1) is 23.0 Å².